The van der Waals surface area contributed by atoms with Crippen LogP contribution in [0.1, 0.15) is 5.82 Å². The van der Waals surface area contributed by atoms with Gasteiger partial charge in [0.1, 0.15) is 6.33 Å². The highest BCUT2D eigenvalue weighted by molar-refractivity contribution is 5.89. The summed E-state index contributed by atoms with van der Waals surface area (Å²) in [5.74, 6) is 0.141. The van der Waals surface area contributed by atoms with E-state index in [-0.39, 0.29) is 0 Å². The van der Waals surface area contributed by atoms with Crippen LogP contribution in [0.3, 0.4) is 0 Å². The molecule has 1 aromatic carbocycles. The van der Waals surface area contributed by atoms with Crippen LogP contribution in [0.15, 0.2) is 49.2 Å². The number of aryl methyl sites for hydroxylation is 2. The Balaban J connectivity index is 1.46. The second kappa shape index (κ2) is 6.19. The largest absolute Gasteiger partial charge is 0.490 e. The number of nitrogens with zero attached hydrogens (tertiary/aromatic N) is 10. The zero-order valence-electron chi connectivity index (χ0n) is 14.3. The third-order valence-electron chi connectivity index (χ3n) is 4.20. The van der Waals surface area contributed by atoms with Gasteiger partial charge in [0.2, 0.25) is 6.33 Å². The number of rotatable bonds is 5. The number of benzene rings is 1. The lowest BCUT2D eigenvalue weighted by Gasteiger charge is -2.01. The fourth-order valence-electron chi connectivity index (χ4n) is 2.92. The molecular formula is C16H12N10O2. The van der Waals surface area contributed by atoms with Crippen LogP contribution < -0.4 is 0 Å². The Morgan fingerprint density at radius 3 is 2.68 bits per heavy atom. The van der Waals surface area contributed by atoms with E-state index in [1.54, 1.807) is 21.7 Å². The molecular weight excluding hydrogens is 364 g/mol. The van der Waals surface area contributed by atoms with E-state index in [4.69, 9.17) is 0 Å². The Morgan fingerprint density at radius 1 is 1.04 bits per heavy atom. The summed E-state index contributed by atoms with van der Waals surface area (Å²) < 4.78 is 4.74. The summed E-state index contributed by atoms with van der Waals surface area (Å²) in [5, 5.41) is 24.1. The van der Waals surface area contributed by atoms with Gasteiger partial charge in [-0.2, -0.15) is 9.78 Å². The summed E-state index contributed by atoms with van der Waals surface area (Å²) in [6, 6.07) is 9.71. The van der Waals surface area contributed by atoms with Crippen LogP contribution in [0, 0.1) is 10.1 Å². The molecule has 5 aromatic rings. The summed E-state index contributed by atoms with van der Waals surface area (Å²) in [5.41, 5.74) is 2.23. The molecule has 0 N–H and O–H groups in total. The van der Waals surface area contributed by atoms with Gasteiger partial charge in [0, 0.05) is 11.5 Å². The van der Waals surface area contributed by atoms with Gasteiger partial charge in [-0.1, -0.05) is 23.2 Å². The molecule has 0 fully saturated rings. The van der Waals surface area contributed by atoms with Gasteiger partial charge in [0.05, 0.1) is 23.8 Å². The Bertz CT molecular complexity index is 1300. The Hall–Kier alpha value is -4.22. The summed E-state index contributed by atoms with van der Waals surface area (Å²) in [7, 11) is 0. The molecule has 5 rings (SSSR count). The molecule has 0 amide bonds. The molecule has 0 aliphatic carbocycles. The molecule has 0 unspecified atom stereocenters. The van der Waals surface area contributed by atoms with Crippen molar-refractivity contribution in [1.82, 2.24) is 44.1 Å². The Morgan fingerprint density at radius 2 is 1.89 bits per heavy atom. The van der Waals surface area contributed by atoms with E-state index < -0.39 is 10.9 Å². The minimum Gasteiger partial charge on any atom is -0.390 e. The number of fused-ring (bicyclic) bond motifs is 3. The van der Waals surface area contributed by atoms with Crippen molar-refractivity contribution in [3.8, 4) is 5.69 Å². The monoisotopic (exact) mass is 376 g/mol. The number of hydrogen-bond donors (Lipinski definition) is 0. The van der Waals surface area contributed by atoms with E-state index in [9.17, 15) is 10.1 Å². The van der Waals surface area contributed by atoms with Crippen LogP contribution in [0.4, 0.5) is 5.95 Å². The van der Waals surface area contributed by atoms with Gasteiger partial charge in [-0.25, -0.2) is 19.2 Å². The van der Waals surface area contributed by atoms with Crippen molar-refractivity contribution in [3.05, 3.63) is 65.1 Å². The van der Waals surface area contributed by atoms with Gasteiger partial charge in [0.15, 0.2) is 17.1 Å². The van der Waals surface area contributed by atoms with E-state index in [2.05, 4.69) is 30.2 Å². The molecule has 4 heterocycles. The number of aromatic nitrogens is 9. The molecule has 12 nitrogen and oxygen atoms in total. The fraction of sp³-hybridized carbons (Fsp3) is 0.125. The van der Waals surface area contributed by atoms with Crippen molar-refractivity contribution < 1.29 is 4.92 Å². The maximum Gasteiger partial charge on any atom is 0.490 e. The maximum absolute atomic E-state index is 10.7. The number of nitro groups is 1. The van der Waals surface area contributed by atoms with Crippen LogP contribution in [-0.4, -0.2) is 49.1 Å². The minimum atomic E-state index is -0.632. The van der Waals surface area contributed by atoms with Crippen molar-refractivity contribution in [2.75, 3.05) is 0 Å². The minimum absolute atomic E-state index is 0.373. The zero-order valence-corrected chi connectivity index (χ0v) is 14.3. The molecule has 0 saturated heterocycles. The van der Waals surface area contributed by atoms with Gasteiger partial charge < -0.3 is 10.1 Å². The molecule has 0 spiro atoms. The lowest BCUT2D eigenvalue weighted by Crippen LogP contribution is -2.04. The average Bonchev–Trinajstić information content (AvgIpc) is 3.43. The molecule has 12 heteroatoms. The summed E-state index contributed by atoms with van der Waals surface area (Å²) in [6.45, 7) is 0.373. The van der Waals surface area contributed by atoms with E-state index in [1.807, 2.05) is 30.3 Å². The molecule has 0 atom stereocenters. The van der Waals surface area contributed by atoms with Crippen LogP contribution in [0.25, 0.3) is 22.4 Å². The summed E-state index contributed by atoms with van der Waals surface area (Å²) >= 11 is 0. The first kappa shape index (κ1) is 16.0. The van der Waals surface area contributed by atoms with E-state index in [0.717, 1.165) is 11.1 Å². The van der Waals surface area contributed by atoms with Gasteiger partial charge in [-0.3, -0.25) is 0 Å². The molecule has 0 aliphatic rings. The van der Waals surface area contributed by atoms with Crippen molar-refractivity contribution in [1.29, 1.82) is 0 Å². The van der Waals surface area contributed by atoms with Crippen molar-refractivity contribution in [3.63, 3.8) is 0 Å². The second-order valence-corrected chi connectivity index (χ2v) is 5.98. The van der Waals surface area contributed by atoms with E-state index >= 15 is 0 Å². The SMILES string of the molecule is O=[N+]([O-])c1ncn(CCc2nc3c4cnn(-c5ccccc5)c4ncn3n2)n1. The molecule has 28 heavy (non-hydrogen) atoms. The number of para-hydroxylation sites is 1. The van der Waals surface area contributed by atoms with Crippen LogP contribution in [0.5, 0.6) is 0 Å². The third-order valence-corrected chi connectivity index (χ3v) is 4.20. The third kappa shape index (κ3) is 2.63. The predicted octanol–water partition coefficient (Wildman–Crippen LogP) is 1.21. The highest BCUT2D eigenvalue weighted by Crippen LogP contribution is 2.19. The standard InChI is InChI=1S/C16H12N10O2/c27-26(28)16-18-9-23(22-16)7-6-13-20-15-12-8-19-25(11-4-2-1-3-5-11)14(12)17-10-24(15)21-13/h1-5,8-10H,6-7H2. The van der Waals surface area contributed by atoms with Crippen LogP contribution in [-0.2, 0) is 13.0 Å². The Kier molecular flexibility index (Phi) is 3.54. The second-order valence-electron chi connectivity index (χ2n) is 5.98. The summed E-state index contributed by atoms with van der Waals surface area (Å²) in [4.78, 5) is 22.7. The van der Waals surface area contributed by atoms with E-state index in [1.165, 1.54) is 11.0 Å². The van der Waals surface area contributed by atoms with Crippen LogP contribution in [0.2, 0.25) is 0 Å². The predicted molar refractivity (Wildman–Crippen MR) is 95.8 cm³/mol. The van der Waals surface area contributed by atoms with Gasteiger partial charge in [-0.15, -0.1) is 5.10 Å². The maximum atomic E-state index is 10.7. The van der Waals surface area contributed by atoms with E-state index in [0.29, 0.717) is 30.1 Å². The van der Waals surface area contributed by atoms with Crippen molar-refractivity contribution in [2.45, 2.75) is 13.0 Å². The fourth-order valence-corrected chi connectivity index (χ4v) is 2.92. The smallest absolute Gasteiger partial charge is 0.390 e. The molecule has 4 aromatic heterocycles. The van der Waals surface area contributed by atoms with Crippen molar-refractivity contribution >= 4 is 22.6 Å². The lowest BCUT2D eigenvalue weighted by atomic mass is 10.3. The van der Waals surface area contributed by atoms with Gasteiger partial charge in [-0.05, 0) is 17.1 Å². The number of hydrogen-bond acceptors (Lipinski definition) is 8. The summed E-state index contributed by atoms with van der Waals surface area (Å²) in [6.07, 6.45) is 5.06. The molecule has 0 bridgehead atoms. The zero-order chi connectivity index (χ0) is 19.1. The molecule has 0 saturated carbocycles. The first-order valence-electron chi connectivity index (χ1n) is 8.36. The normalized spacial score (nSPS) is 11.4. The molecule has 0 aliphatic heterocycles. The quantitative estimate of drug-likeness (QED) is 0.330. The molecule has 0 radical (unpaired) electrons. The van der Waals surface area contributed by atoms with Gasteiger partial charge in [0.25, 0.3) is 0 Å². The first-order valence-corrected chi connectivity index (χ1v) is 8.36. The first-order chi connectivity index (χ1) is 13.7. The average molecular weight is 376 g/mol. The Labute approximate surface area is 156 Å². The van der Waals surface area contributed by atoms with Crippen LogP contribution >= 0.6 is 0 Å². The van der Waals surface area contributed by atoms with Crippen molar-refractivity contribution in [2.24, 2.45) is 0 Å². The molecule has 138 valence electrons. The lowest BCUT2D eigenvalue weighted by molar-refractivity contribution is -0.394. The highest BCUT2D eigenvalue weighted by atomic mass is 16.6. The van der Waals surface area contributed by atoms with Gasteiger partial charge >= 0.3 is 5.95 Å². The highest BCUT2D eigenvalue weighted by Gasteiger charge is 2.16. The topological polar surface area (TPSA) is 135 Å².